The number of nitro benzene ring substituents is 1. The fourth-order valence-electron chi connectivity index (χ4n) is 4.18. The lowest BCUT2D eigenvalue weighted by Crippen LogP contribution is -2.43. The molecule has 0 amide bonds. The zero-order valence-corrected chi connectivity index (χ0v) is 20.0. The van der Waals surface area contributed by atoms with Crippen LogP contribution in [0.2, 0.25) is 0 Å². The highest BCUT2D eigenvalue weighted by Gasteiger charge is 2.29. The van der Waals surface area contributed by atoms with Crippen LogP contribution in [0.4, 0.5) is 5.69 Å². The summed E-state index contributed by atoms with van der Waals surface area (Å²) >= 11 is 0. The molecule has 35 heavy (non-hydrogen) atoms. The van der Waals surface area contributed by atoms with Crippen LogP contribution in [0, 0.1) is 10.1 Å². The SMILES string of the molecule is CCOC(=O)C(Cc1ccc(OC)c([N+](=O)[O-])c1)NS(=O)(=O)c1ccc2c(c1)-c1ccccc1C2. The molecule has 1 aliphatic carbocycles. The summed E-state index contributed by atoms with van der Waals surface area (Å²) in [5.41, 5.74) is 4.05. The van der Waals surface area contributed by atoms with E-state index in [0.29, 0.717) is 5.56 Å². The number of nitrogens with one attached hydrogen (secondary N) is 1. The number of sulfonamides is 1. The normalized spacial score (nSPS) is 13.0. The van der Waals surface area contributed by atoms with Gasteiger partial charge in [0.05, 0.1) is 23.5 Å². The summed E-state index contributed by atoms with van der Waals surface area (Å²) in [6, 6.07) is 15.6. The number of esters is 1. The second kappa shape index (κ2) is 9.85. The van der Waals surface area contributed by atoms with E-state index in [1.807, 2.05) is 24.3 Å². The molecule has 0 saturated carbocycles. The van der Waals surface area contributed by atoms with Crippen molar-refractivity contribution in [3.63, 3.8) is 0 Å². The minimum absolute atomic E-state index is 0.0166. The largest absolute Gasteiger partial charge is 0.490 e. The van der Waals surface area contributed by atoms with Crippen molar-refractivity contribution in [2.24, 2.45) is 0 Å². The van der Waals surface area contributed by atoms with Crippen molar-refractivity contribution >= 4 is 21.7 Å². The van der Waals surface area contributed by atoms with E-state index in [1.165, 1.54) is 25.3 Å². The molecule has 0 spiro atoms. The van der Waals surface area contributed by atoms with Crippen molar-refractivity contribution in [1.29, 1.82) is 0 Å². The zero-order chi connectivity index (χ0) is 25.2. The fraction of sp³-hybridized carbons (Fsp3) is 0.240. The van der Waals surface area contributed by atoms with Crippen molar-refractivity contribution in [3.8, 4) is 16.9 Å². The first-order valence-corrected chi connectivity index (χ1v) is 12.4. The molecule has 0 saturated heterocycles. The number of hydrogen-bond donors (Lipinski definition) is 1. The predicted octanol–water partition coefficient (Wildman–Crippen LogP) is 3.63. The van der Waals surface area contributed by atoms with Gasteiger partial charge in [-0.1, -0.05) is 36.4 Å². The molecule has 3 aromatic rings. The lowest BCUT2D eigenvalue weighted by Gasteiger charge is -2.18. The third-order valence-corrected chi connectivity index (χ3v) is 7.30. The number of carbonyl (C=O) groups is 1. The molecule has 1 unspecified atom stereocenters. The molecule has 0 aromatic heterocycles. The van der Waals surface area contributed by atoms with E-state index in [-0.39, 0.29) is 29.4 Å². The van der Waals surface area contributed by atoms with E-state index < -0.39 is 27.0 Å². The average molecular weight is 497 g/mol. The third kappa shape index (κ3) is 5.03. The smallest absolute Gasteiger partial charge is 0.324 e. The summed E-state index contributed by atoms with van der Waals surface area (Å²) in [6.45, 7) is 1.66. The Bertz CT molecular complexity index is 1400. The first-order valence-electron chi connectivity index (χ1n) is 10.9. The topological polar surface area (TPSA) is 125 Å². The number of ether oxygens (including phenoxy) is 2. The Morgan fingerprint density at radius 3 is 2.54 bits per heavy atom. The number of benzene rings is 3. The number of hydrogen-bond acceptors (Lipinski definition) is 7. The van der Waals surface area contributed by atoms with Crippen LogP contribution < -0.4 is 9.46 Å². The van der Waals surface area contributed by atoms with Gasteiger partial charge in [-0.05, 0) is 65.8 Å². The van der Waals surface area contributed by atoms with Gasteiger partial charge < -0.3 is 9.47 Å². The average Bonchev–Trinajstić information content (AvgIpc) is 3.21. The van der Waals surface area contributed by atoms with Crippen LogP contribution in [-0.2, 0) is 32.4 Å². The number of fused-ring (bicyclic) bond motifs is 3. The Hall–Kier alpha value is -3.76. The maximum atomic E-state index is 13.3. The van der Waals surface area contributed by atoms with Gasteiger partial charge in [-0.3, -0.25) is 14.9 Å². The van der Waals surface area contributed by atoms with E-state index in [2.05, 4.69) is 4.72 Å². The van der Waals surface area contributed by atoms with Gasteiger partial charge in [0.1, 0.15) is 6.04 Å². The minimum Gasteiger partial charge on any atom is -0.490 e. The van der Waals surface area contributed by atoms with Gasteiger partial charge >= 0.3 is 11.7 Å². The number of methoxy groups -OCH3 is 1. The second-order valence-corrected chi connectivity index (χ2v) is 9.76. The molecule has 1 atom stereocenters. The van der Waals surface area contributed by atoms with Crippen LogP contribution in [-0.4, -0.2) is 39.1 Å². The Balaban J connectivity index is 1.64. The monoisotopic (exact) mass is 496 g/mol. The molecule has 0 aliphatic heterocycles. The van der Waals surface area contributed by atoms with Gasteiger partial charge in [-0.25, -0.2) is 8.42 Å². The maximum absolute atomic E-state index is 13.3. The summed E-state index contributed by atoms with van der Waals surface area (Å²) in [4.78, 5) is 23.4. The van der Waals surface area contributed by atoms with Crippen LogP contribution in [0.5, 0.6) is 5.75 Å². The van der Waals surface area contributed by atoms with Gasteiger partial charge in [0, 0.05) is 6.07 Å². The highest BCUT2D eigenvalue weighted by Crippen LogP contribution is 2.37. The fourth-order valence-corrected chi connectivity index (χ4v) is 5.39. The van der Waals surface area contributed by atoms with Crippen molar-refractivity contribution < 1.29 is 27.6 Å². The first-order chi connectivity index (χ1) is 16.7. The van der Waals surface area contributed by atoms with Crippen LogP contribution in [0.25, 0.3) is 11.1 Å². The van der Waals surface area contributed by atoms with Gasteiger partial charge in [-0.2, -0.15) is 4.72 Å². The van der Waals surface area contributed by atoms with Crippen LogP contribution >= 0.6 is 0 Å². The summed E-state index contributed by atoms with van der Waals surface area (Å²) in [6.07, 6.45) is 0.581. The Kier molecular flexibility index (Phi) is 6.86. The summed E-state index contributed by atoms with van der Waals surface area (Å²) < 4.78 is 39.1. The molecular weight excluding hydrogens is 472 g/mol. The maximum Gasteiger partial charge on any atom is 0.324 e. The number of carbonyl (C=O) groups excluding carboxylic acids is 1. The van der Waals surface area contributed by atoms with E-state index in [1.54, 1.807) is 25.1 Å². The van der Waals surface area contributed by atoms with E-state index in [4.69, 9.17) is 9.47 Å². The van der Waals surface area contributed by atoms with Crippen LogP contribution in [0.3, 0.4) is 0 Å². The number of nitrogens with zero attached hydrogens (tertiary/aromatic N) is 1. The van der Waals surface area contributed by atoms with Crippen molar-refractivity contribution in [3.05, 3.63) is 87.5 Å². The lowest BCUT2D eigenvalue weighted by molar-refractivity contribution is -0.385. The molecule has 4 rings (SSSR count). The molecule has 0 fully saturated rings. The molecule has 1 N–H and O–H groups in total. The predicted molar refractivity (Wildman–Crippen MR) is 129 cm³/mol. The zero-order valence-electron chi connectivity index (χ0n) is 19.2. The lowest BCUT2D eigenvalue weighted by atomic mass is 10.1. The highest BCUT2D eigenvalue weighted by molar-refractivity contribution is 7.89. The van der Waals surface area contributed by atoms with E-state index in [0.717, 1.165) is 28.7 Å². The standard InChI is InChI=1S/C25H24N2O7S/c1-3-34-25(28)22(12-16-8-11-24(33-2)23(13-16)27(29)30)26-35(31,32)19-10-9-18-14-17-6-4-5-7-20(17)21(18)15-19/h4-11,13,15,22,26H,3,12,14H2,1-2H3. The Labute approximate surface area is 202 Å². The van der Waals surface area contributed by atoms with Crippen molar-refractivity contribution in [2.45, 2.75) is 30.7 Å². The van der Waals surface area contributed by atoms with Gasteiger partial charge in [0.25, 0.3) is 0 Å². The highest BCUT2D eigenvalue weighted by atomic mass is 32.2. The molecule has 3 aromatic carbocycles. The molecule has 10 heteroatoms. The number of nitro groups is 1. The molecule has 0 radical (unpaired) electrons. The van der Waals surface area contributed by atoms with Crippen molar-refractivity contribution in [1.82, 2.24) is 4.72 Å². The summed E-state index contributed by atoms with van der Waals surface area (Å²) in [5, 5.41) is 11.4. The molecule has 0 heterocycles. The molecular formula is C25H24N2O7S. The second-order valence-electron chi connectivity index (χ2n) is 8.05. The summed E-state index contributed by atoms with van der Waals surface area (Å²) in [5.74, 6) is -0.716. The van der Waals surface area contributed by atoms with Crippen molar-refractivity contribution in [2.75, 3.05) is 13.7 Å². The van der Waals surface area contributed by atoms with E-state index >= 15 is 0 Å². The first kappa shape index (κ1) is 24.4. The van der Waals surface area contributed by atoms with E-state index in [9.17, 15) is 23.3 Å². The van der Waals surface area contributed by atoms with Crippen LogP contribution in [0.15, 0.2) is 65.6 Å². The Morgan fingerprint density at radius 2 is 1.83 bits per heavy atom. The molecule has 9 nitrogen and oxygen atoms in total. The third-order valence-electron chi connectivity index (χ3n) is 5.83. The summed E-state index contributed by atoms with van der Waals surface area (Å²) in [7, 11) is -2.80. The van der Waals surface area contributed by atoms with Crippen LogP contribution in [0.1, 0.15) is 23.6 Å². The number of rotatable bonds is 9. The molecule has 0 bridgehead atoms. The molecule has 1 aliphatic rings. The van der Waals surface area contributed by atoms with Gasteiger partial charge in [0.15, 0.2) is 5.75 Å². The Morgan fingerprint density at radius 1 is 1.09 bits per heavy atom. The molecule has 182 valence electrons. The van der Waals surface area contributed by atoms with Gasteiger partial charge in [-0.15, -0.1) is 0 Å². The minimum atomic E-state index is -4.12. The van der Waals surface area contributed by atoms with Gasteiger partial charge in [0.2, 0.25) is 10.0 Å². The quantitative estimate of drug-likeness (QED) is 0.213.